The molecular formula is C20H16N2O8S. The minimum absolute atomic E-state index is 0.0412. The first-order valence-corrected chi connectivity index (χ1v) is 9.62. The molecule has 1 saturated heterocycles. The second-order valence-electron chi connectivity index (χ2n) is 6.25. The summed E-state index contributed by atoms with van der Waals surface area (Å²) in [5, 5.41) is 19.1. The lowest BCUT2D eigenvalue weighted by Gasteiger charge is -2.13. The van der Waals surface area contributed by atoms with Gasteiger partial charge in [-0.2, -0.15) is 0 Å². The number of nitro groups is 1. The van der Waals surface area contributed by atoms with E-state index in [1.165, 1.54) is 37.5 Å². The van der Waals surface area contributed by atoms with Gasteiger partial charge in [0.05, 0.1) is 23.5 Å². The van der Waals surface area contributed by atoms with Crippen molar-refractivity contribution in [3.05, 3.63) is 68.6 Å². The Hall–Kier alpha value is -3.86. The molecule has 0 spiro atoms. The zero-order chi connectivity index (χ0) is 22.5. The molecule has 11 heteroatoms. The van der Waals surface area contributed by atoms with Gasteiger partial charge in [-0.25, -0.2) is 4.79 Å². The van der Waals surface area contributed by atoms with Crippen LogP contribution in [0.25, 0.3) is 6.08 Å². The van der Waals surface area contributed by atoms with E-state index in [2.05, 4.69) is 0 Å². The fourth-order valence-corrected chi connectivity index (χ4v) is 3.61. The minimum Gasteiger partial charge on any atom is -0.493 e. The number of aliphatic carboxylic acids is 1. The van der Waals surface area contributed by atoms with Gasteiger partial charge >= 0.3 is 5.97 Å². The molecule has 0 aromatic heterocycles. The number of methoxy groups -OCH3 is 1. The van der Waals surface area contributed by atoms with E-state index in [1.807, 2.05) is 0 Å². The van der Waals surface area contributed by atoms with Gasteiger partial charge in [-0.1, -0.05) is 24.3 Å². The molecular weight excluding hydrogens is 428 g/mol. The van der Waals surface area contributed by atoms with Gasteiger partial charge in [-0.05, 0) is 29.5 Å². The maximum Gasteiger partial charge on any atom is 0.341 e. The molecule has 0 atom stereocenters. The summed E-state index contributed by atoms with van der Waals surface area (Å²) in [5.41, 5.74) is 0.840. The summed E-state index contributed by atoms with van der Waals surface area (Å²) in [6.07, 6.45) is 1.43. The van der Waals surface area contributed by atoms with Crippen LogP contribution in [0.4, 0.5) is 10.5 Å². The van der Waals surface area contributed by atoms with Gasteiger partial charge in [0.1, 0.15) is 0 Å². The van der Waals surface area contributed by atoms with E-state index >= 15 is 0 Å². The number of imide groups is 1. The number of nitro benzene ring substituents is 1. The number of ether oxygens (including phenoxy) is 2. The number of carboxylic acid groups (broad SMARTS) is 1. The minimum atomic E-state index is -1.18. The highest BCUT2D eigenvalue weighted by Crippen LogP contribution is 2.38. The zero-order valence-corrected chi connectivity index (χ0v) is 17.0. The molecule has 2 aromatic carbocycles. The molecule has 0 aliphatic carbocycles. The Balaban J connectivity index is 1.84. The van der Waals surface area contributed by atoms with Crippen LogP contribution in [0.5, 0.6) is 11.5 Å². The molecule has 2 aromatic rings. The summed E-state index contributed by atoms with van der Waals surface area (Å²) >= 11 is 0.728. The lowest BCUT2D eigenvalue weighted by atomic mass is 10.1. The van der Waals surface area contributed by atoms with Crippen molar-refractivity contribution in [3.63, 3.8) is 0 Å². The van der Waals surface area contributed by atoms with E-state index in [4.69, 9.17) is 14.6 Å². The Morgan fingerprint density at radius 2 is 1.94 bits per heavy atom. The quantitative estimate of drug-likeness (QED) is 0.369. The zero-order valence-electron chi connectivity index (χ0n) is 16.1. The standard InChI is InChI=1S/C20H16N2O8S/c1-29-15-4-2-3-13(18(15)30-11-17(23)24)9-16-19(25)21(20(26)31-16)10-12-5-7-14(8-6-12)22(27)28/h2-9H,10-11H2,1H3,(H,23,24)/b16-9+. The average Bonchev–Trinajstić information content (AvgIpc) is 3.00. The molecule has 0 unspecified atom stereocenters. The van der Waals surface area contributed by atoms with Gasteiger partial charge in [0.25, 0.3) is 16.8 Å². The van der Waals surface area contributed by atoms with Crippen LogP contribution < -0.4 is 9.47 Å². The van der Waals surface area contributed by atoms with Gasteiger partial charge in [-0.3, -0.25) is 24.6 Å². The number of carbonyl (C=O) groups excluding carboxylic acids is 2. The number of non-ortho nitro benzene ring substituents is 1. The van der Waals surface area contributed by atoms with Gasteiger partial charge in [-0.15, -0.1) is 0 Å². The molecule has 10 nitrogen and oxygen atoms in total. The number of hydrogen-bond acceptors (Lipinski definition) is 8. The van der Waals surface area contributed by atoms with Crippen molar-refractivity contribution in [1.29, 1.82) is 0 Å². The predicted octanol–water partition coefficient (Wildman–Crippen LogP) is 3.30. The molecule has 1 fully saturated rings. The Morgan fingerprint density at radius 3 is 2.55 bits per heavy atom. The average molecular weight is 444 g/mol. The second-order valence-corrected chi connectivity index (χ2v) is 7.25. The van der Waals surface area contributed by atoms with Gasteiger partial charge < -0.3 is 14.6 Å². The van der Waals surface area contributed by atoms with Crippen molar-refractivity contribution in [2.45, 2.75) is 6.54 Å². The monoisotopic (exact) mass is 444 g/mol. The molecule has 1 heterocycles. The van der Waals surface area contributed by atoms with Crippen LogP contribution in [-0.4, -0.2) is 45.8 Å². The summed E-state index contributed by atoms with van der Waals surface area (Å²) in [7, 11) is 1.39. The van der Waals surface area contributed by atoms with E-state index in [0.29, 0.717) is 11.1 Å². The third kappa shape index (κ3) is 5.01. The van der Waals surface area contributed by atoms with Crippen molar-refractivity contribution >= 4 is 40.6 Å². The van der Waals surface area contributed by atoms with Crippen molar-refractivity contribution in [2.75, 3.05) is 13.7 Å². The molecule has 0 bridgehead atoms. The number of carbonyl (C=O) groups is 3. The lowest BCUT2D eigenvalue weighted by molar-refractivity contribution is -0.384. The van der Waals surface area contributed by atoms with Crippen molar-refractivity contribution in [1.82, 2.24) is 4.90 Å². The predicted molar refractivity (Wildman–Crippen MR) is 111 cm³/mol. The van der Waals surface area contributed by atoms with Crippen LogP contribution in [0.1, 0.15) is 11.1 Å². The van der Waals surface area contributed by atoms with Crippen LogP contribution in [0.3, 0.4) is 0 Å². The van der Waals surface area contributed by atoms with E-state index in [1.54, 1.807) is 18.2 Å². The summed E-state index contributed by atoms with van der Waals surface area (Å²) in [6, 6.07) is 10.4. The maximum absolute atomic E-state index is 12.8. The molecule has 0 radical (unpaired) electrons. The molecule has 160 valence electrons. The Kier molecular flexibility index (Phi) is 6.55. The second kappa shape index (κ2) is 9.30. The van der Waals surface area contributed by atoms with Gasteiger partial charge in [0.2, 0.25) is 0 Å². The van der Waals surface area contributed by atoms with Crippen LogP contribution in [0.15, 0.2) is 47.4 Å². The largest absolute Gasteiger partial charge is 0.493 e. The number of nitrogens with zero attached hydrogens (tertiary/aromatic N) is 2. The lowest BCUT2D eigenvalue weighted by Crippen LogP contribution is -2.27. The number of rotatable bonds is 8. The molecule has 31 heavy (non-hydrogen) atoms. The van der Waals surface area contributed by atoms with Crippen molar-refractivity contribution in [3.8, 4) is 11.5 Å². The first kappa shape index (κ1) is 21.8. The Bertz CT molecular complexity index is 1080. The number of benzene rings is 2. The number of amides is 2. The van der Waals surface area contributed by atoms with E-state index in [9.17, 15) is 24.5 Å². The number of para-hydroxylation sites is 1. The molecule has 3 rings (SSSR count). The third-order valence-electron chi connectivity index (χ3n) is 4.22. The molecule has 1 N–H and O–H groups in total. The SMILES string of the molecule is COc1cccc(/C=C2/SC(=O)N(Cc3ccc([N+](=O)[O-])cc3)C2=O)c1OCC(=O)O. The molecule has 1 aliphatic heterocycles. The first-order chi connectivity index (χ1) is 14.8. The maximum atomic E-state index is 12.8. The van der Waals surface area contributed by atoms with Crippen molar-refractivity contribution < 1.29 is 33.9 Å². The van der Waals surface area contributed by atoms with Crippen LogP contribution in [0.2, 0.25) is 0 Å². The van der Waals surface area contributed by atoms with Crippen LogP contribution in [0, 0.1) is 10.1 Å². The summed E-state index contributed by atoms with van der Waals surface area (Å²) in [6.45, 7) is -0.649. The van der Waals surface area contributed by atoms with Crippen LogP contribution in [-0.2, 0) is 16.1 Å². The summed E-state index contributed by atoms with van der Waals surface area (Å²) in [4.78, 5) is 47.4. The highest BCUT2D eigenvalue weighted by atomic mass is 32.2. The smallest absolute Gasteiger partial charge is 0.341 e. The Morgan fingerprint density at radius 1 is 1.23 bits per heavy atom. The number of carboxylic acids is 1. The topological polar surface area (TPSA) is 136 Å². The first-order valence-electron chi connectivity index (χ1n) is 8.80. The number of hydrogen-bond donors (Lipinski definition) is 1. The molecule has 2 amide bonds. The number of thioether (sulfide) groups is 1. The normalized spacial score (nSPS) is 14.7. The van der Waals surface area contributed by atoms with Gasteiger partial charge in [0.15, 0.2) is 18.1 Å². The van der Waals surface area contributed by atoms with Gasteiger partial charge in [0, 0.05) is 17.7 Å². The van der Waals surface area contributed by atoms with E-state index in [0.717, 1.165) is 16.7 Å². The highest BCUT2D eigenvalue weighted by molar-refractivity contribution is 8.18. The third-order valence-corrected chi connectivity index (χ3v) is 5.12. The van der Waals surface area contributed by atoms with Crippen LogP contribution >= 0.6 is 11.8 Å². The van der Waals surface area contributed by atoms with E-state index < -0.39 is 28.6 Å². The summed E-state index contributed by atoms with van der Waals surface area (Å²) < 4.78 is 10.5. The molecule has 1 aliphatic rings. The van der Waals surface area contributed by atoms with E-state index in [-0.39, 0.29) is 28.6 Å². The fraction of sp³-hybridized carbons (Fsp3) is 0.150. The Labute approximate surface area is 180 Å². The molecule has 0 saturated carbocycles. The summed E-state index contributed by atoms with van der Waals surface area (Å²) in [5.74, 6) is -1.31. The highest BCUT2D eigenvalue weighted by Gasteiger charge is 2.35. The van der Waals surface area contributed by atoms with Crippen molar-refractivity contribution in [2.24, 2.45) is 0 Å². The fourth-order valence-electron chi connectivity index (χ4n) is 2.78.